The van der Waals surface area contributed by atoms with Crippen LogP contribution >= 0.6 is 31.9 Å². The summed E-state index contributed by atoms with van der Waals surface area (Å²) in [7, 11) is 0. The van der Waals surface area contributed by atoms with Gasteiger partial charge in [-0.25, -0.2) is 4.68 Å². The zero-order valence-corrected chi connectivity index (χ0v) is 22.1. The summed E-state index contributed by atoms with van der Waals surface area (Å²) in [5.41, 5.74) is 5.77. The molecule has 0 saturated carbocycles. The van der Waals surface area contributed by atoms with Crippen LogP contribution in [0, 0.1) is 6.92 Å². The fourth-order valence-corrected chi connectivity index (χ4v) is 4.26. The van der Waals surface area contributed by atoms with E-state index in [-0.39, 0.29) is 11.7 Å². The topological polar surface area (TPSA) is 92.2 Å². The fourth-order valence-electron chi connectivity index (χ4n) is 3.63. The molecule has 1 aromatic heterocycles. The van der Waals surface area contributed by atoms with Gasteiger partial charge in [0, 0.05) is 20.0 Å². The first-order chi connectivity index (χ1) is 16.7. The number of fused-ring (bicyclic) bond motifs is 1. The van der Waals surface area contributed by atoms with E-state index in [4.69, 9.17) is 0 Å². The molecule has 0 radical (unpaired) electrons. The lowest BCUT2D eigenvalue weighted by Gasteiger charge is -2.16. The van der Waals surface area contributed by atoms with Gasteiger partial charge in [0.25, 0.3) is 5.91 Å². The monoisotopic (exact) mass is 596 g/mol. The van der Waals surface area contributed by atoms with Gasteiger partial charge in [-0.1, -0.05) is 62.2 Å². The molecule has 0 spiro atoms. The smallest absolute Gasteiger partial charge is 0.328 e. The molecule has 0 saturated heterocycles. The predicted molar refractivity (Wildman–Crippen MR) is 144 cm³/mol. The van der Waals surface area contributed by atoms with Crippen LogP contribution in [-0.2, 0) is 9.59 Å². The minimum Gasteiger partial charge on any atom is -0.341 e. The van der Waals surface area contributed by atoms with Crippen molar-refractivity contribution >= 4 is 66.2 Å². The molecule has 4 rings (SSSR count). The first-order valence-electron chi connectivity index (χ1n) is 10.8. The first-order valence-corrected chi connectivity index (χ1v) is 12.4. The highest BCUT2D eigenvalue weighted by atomic mass is 79.9. The van der Waals surface area contributed by atoms with E-state index >= 15 is 0 Å². The second kappa shape index (κ2) is 10.5. The molecule has 0 fully saturated rings. The van der Waals surface area contributed by atoms with Crippen LogP contribution in [-0.4, -0.2) is 22.4 Å². The molecule has 3 amide bonds. The van der Waals surface area contributed by atoms with E-state index in [1.807, 2.05) is 55.5 Å². The van der Waals surface area contributed by atoms with Crippen LogP contribution in [0.25, 0.3) is 10.9 Å². The van der Waals surface area contributed by atoms with Gasteiger partial charge in [0.1, 0.15) is 5.69 Å². The molecule has 0 bridgehead atoms. The number of nitrogens with zero attached hydrogens (tertiary/aromatic N) is 1. The molecule has 3 N–H and O–H groups in total. The summed E-state index contributed by atoms with van der Waals surface area (Å²) >= 11 is 6.88. The summed E-state index contributed by atoms with van der Waals surface area (Å²) in [5, 5.41) is 6.26. The molecular weight excluding hydrogens is 576 g/mol. The van der Waals surface area contributed by atoms with Gasteiger partial charge in [-0.3, -0.25) is 19.8 Å². The van der Waals surface area contributed by atoms with E-state index in [1.54, 1.807) is 31.2 Å². The lowest BCUT2D eigenvalue weighted by atomic mass is 10.1. The van der Waals surface area contributed by atoms with Gasteiger partial charge in [-0.15, -0.1) is 0 Å². The van der Waals surface area contributed by atoms with Gasteiger partial charge in [0.15, 0.2) is 0 Å². The fraction of sp³-hybridized carbons (Fsp3) is 0.115. The number of halogens is 2. The Labute approximate surface area is 219 Å². The van der Waals surface area contributed by atoms with Crippen molar-refractivity contribution in [3.05, 3.63) is 98.6 Å². The maximum atomic E-state index is 13.2. The van der Waals surface area contributed by atoms with E-state index in [9.17, 15) is 14.4 Å². The average molecular weight is 598 g/mol. The molecule has 7 nitrogen and oxygen atoms in total. The van der Waals surface area contributed by atoms with Crippen LogP contribution in [0.5, 0.6) is 0 Å². The van der Waals surface area contributed by atoms with Gasteiger partial charge < -0.3 is 10.6 Å². The highest BCUT2D eigenvalue weighted by Crippen LogP contribution is 2.25. The predicted octanol–water partition coefficient (Wildman–Crippen LogP) is 5.67. The van der Waals surface area contributed by atoms with Gasteiger partial charge in [-0.05, 0) is 67.4 Å². The molecule has 1 atom stereocenters. The van der Waals surface area contributed by atoms with Crippen molar-refractivity contribution < 1.29 is 14.4 Å². The number of carbonyl (C=O) groups is 3. The molecule has 0 aliphatic rings. The highest BCUT2D eigenvalue weighted by molar-refractivity contribution is 9.10. The van der Waals surface area contributed by atoms with Crippen molar-refractivity contribution in [2.75, 3.05) is 10.7 Å². The molecule has 4 aromatic rings. The second-order valence-electron chi connectivity index (χ2n) is 8.03. The minimum absolute atomic E-state index is 0.177. The van der Waals surface area contributed by atoms with Crippen molar-refractivity contribution in [1.82, 2.24) is 9.99 Å². The van der Waals surface area contributed by atoms with Crippen LogP contribution in [0.15, 0.2) is 81.7 Å². The minimum atomic E-state index is -0.887. The molecule has 9 heteroatoms. The number of amides is 3. The molecule has 178 valence electrons. The summed E-state index contributed by atoms with van der Waals surface area (Å²) in [6, 6.07) is 21.5. The summed E-state index contributed by atoms with van der Waals surface area (Å²) in [6.07, 6.45) is 0. The number of aryl methyl sites for hydroxylation is 1. The maximum absolute atomic E-state index is 13.2. The third-order valence-electron chi connectivity index (χ3n) is 5.48. The van der Waals surface area contributed by atoms with E-state index < -0.39 is 17.7 Å². The number of hydrogen-bond donors (Lipinski definition) is 3. The Bertz CT molecular complexity index is 1430. The number of hydrogen-bond acceptors (Lipinski definition) is 3. The average Bonchev–Trinajstić information content (AvgIpc) is 3.19. The van der Waals surface area contributed by atoms with Crippen molar-refractivity contribution in [3.8, 4) is 0 Å². The number of anilines is 1. The van der Waals surface area contributed by atoms with Gasteiger partial charge in [0.2, 0.25) is 0 Å². The van der Waals surface area contributed by atoms with E-state index in [1.165, 1.54) is 4.68 Å². The van der Waals surface area contributed by atoms with Crippen LogP contribution in [0.1, 0.15) is 34.6 Å². The lowest BCUT2D eigenvalue weighted by molar-refractivity contribution is -0.137. The Kier molecular flexibility index (Phi) is 7.37. The molecule has 1 heterocycles. The standard InChI is InChI=1S/C26H22Br2N4O3/c1-15-12-20(9-10-21(15)28)30-24(33)23-14-18-13-19(27)8-11-22(18)32(23)31-26(35)25(34)29-16(2)17-6-4-3-5-7-17/h3-14,16H,1-2H3,(H,29,34)(H,30,33)(H,31,35)/t16-/m0/s1. The first kappa shape index (κ1) is 24.7. The molecule has 0 aliphatic carbocycles. The second-order valence-corrected chi connectivity index (χ2v) is 9.80. The maximum Gasteiger partial charge on any atom is 0.328 e. The molecule has 0 unspecified atom stereocenters. The molecule has 35 heavy (non-hydrogen) atoms. The van der Waals surface area contributed by atoms with Gasteiger partial charge in [0.05, 0.1) is 11.6 Å². The third-order valence-corrected chi connectivity index (χ3v) is 6.86. The largest absolute Gasteiger partial charge is 0.341 e. The Morgan fingerprint density at radius 3 is 2.34 bits per heavy atom. The number of carbonyl (C=O) groups excluding carboxylic acids is 3. The highest BCUT2D eigenvalue weighted by Gasteiger charge is 2.22. The molecular formula is C26H22Br2N4O3. The normalized spacial score (nSPS) is 11.7. The number of benzene rings is 3. The summed E-state index contributed by atoms with van der Waals surface area (Å²) in [5.74, 6) is -2.13. The van der Waals surface area contributed by atoms with Crippen LogP contribution < -0.4 is 16.1 Å². The van der Waals surface area contributed by atoms with Crippen LogP contribution in [0.2, 0.25) is 0 Å². The van der Waals surface area contributed by atoms with Crippen LogP contribution in [0.4, 0.5) is 5.69 Å². The van der Waals surface area contributed by atoms with E-state index in [0.29, 0.717) is 11.2 Å². The Balaban J connectivity index is 1.60. The van der Waals surface area contributed by atoms with Crippen molar-refractivity contribution in [2.24, 2.45) is 0 Å². The van der Waals surface area contributed by atoms with E-state index in [2.05, 4.69) is 47.9 Å². The van der Waals surface area contributed by atoms with Crippen molar-refractivity contribution in [1.29, 1.82) is 0 Å². The number of nitrogens with one attached hydrogen (secondary N) is 3. The van der Waals surface area contributed by atoms with Gasteiger partial charge >= 0.3 is 11.8 Å². The summed E-state index contributed by atoms with van der Waals surface area (Å²) < 4.78 is 3.08. The Hall–Kier alpha value is -3.43. The number of aromatic nitrogens is 1. The Morgan fingerprint density at radius 1 is 0.886 bits per heavy atom. The van der Waals surface area contributed by atoms with Crippen LogP contribution in [0.3, 0.4) is 0 Å². The third kappa shape index (κ3) is 5.63. The van der Waals surface area contributed by atoms with Gasteiger partial charge in [-0.2, -0.15) is 0 Å². The number of rotatable bonds is 5. The summed E-state index contributed by atoms with van der Waals surface area (Å²) in [4.78, 5) is 38.6. The van der Waals surface area contributed by atoms with E-state index in [0.717, 1.165) is 25.5 Å². The Morgan fingerprint density at radius 2 is 1.63 bits per heavy atom. The SMILES string of the molecule is Cc1cc(NC(=O)c2cc3cc(Br)ccc3n2NC(=O)C(=O)N[C@@H](C)c2ccccc2)ccc1Br. The zero-order valence-electron chi connectivity index (χ0n) is 18.9. The molecule has 3 aromatic carbocycles. The summed E-state index contributed by atoms with van der Waals surface area (Å²) in [6.45, 7) is 3.71. The molecule has 0 aliphatic heterocycles. The van der Waals surface area contributed by atoms with Crippen molar-refractivity contribution in [3.63, 3.8) is 0 Å². The quantitative estimate of drug-likeness (QED) is 0.259. The van der Waals surface area contributed by atoms with Crippen molar-refractivity contribution in [2.45, 2.75) is 19.9 Å². The zero-order chi connectivity index (χ0) is 25.1. The lowest BCUT2D eigenvalue weighted by Crippen LogP contribution is -2.40.